The highest BCUT2D eigenvalue weighted by molar-refractivity contribution is 6.01. The Morgan fingerprint density at radius 3 is 2.69 bits per heavy atom. The molecule has 0 saturated carbocycles. The van der Waals surface area contributed by atoms with E-state index in [-0.39, 0.29) is 17.7 Å². The molecule has 2 aromatic heterocycles. The van der Waals surface area contributed by atoms with Gasteiger partial charge in [0.15, 0.2) is 0 Å². The highest BCUT2D eigenvalue weighted by atomic mass is 19.4. The normalized spacial score (nSPS) is 16.5. The number of nitrogens with one attached hydrogen (secondary N) is 1. The standard InChI is InChI=1S/C21H22F3N5O3/c1-28-17(20(30)29-9-3-4-14(29)11-31-2)10-16-18(25-12-26-19(16)28)27-13-5-7-15(8-6-13)32-21(22,23)24/h5-8,10,12,14H,3-4,9,11H2,1-2H3,(H,25,26,27). The molecule has 1 fully saturated rings. The number of likely N-dealkylation sites (tertiary alicyclic amines) is 1. The molecule has 3 heterocycles. The number of ether oxygens (including phenoxy) is 2. The van der Waals surface area contributed by atoms with E-state index in [9.17, 15) is 18.0 Å². The van der Waals surface area contributed by atoms with Crippen LogP contribution in [0.5, 0.6) is 5.75 Å². The lowest BCUT2D eigenvalue weighted by Crippen LogP contribution is -2.38. The van der Waals surface area contributed by atoms with Gasteiger partial charge in [0.1, 0.15) is 29.2 Å². The summed E-state index contributed by atoms with van der Waals surface area (Å²) >= 11 is 0. The molecule has 1 atom stereocenters. The Balaban J connectivity index is 1.60. The van der Waals surface area contributed by atoms with Gasteiger partial charge in [-0.15, -0.1) is 13.2 Å². The topological polar surface area (TPSA) is 81.5 Å². The second-order valence-corrected chi connectivity index (χ2v) is 7.50. The van der Waals surface area contributed by atoms with Crippen molar-refractivity contribution in [2.45, 2.75) is 25.2 Å². The summed E-state index contributed by atoms with van der Waals surface area (Å²) in [4.78, 5) is 23.6. The maximum atomic E-state index is 13.2. The van der Waals surface area contributed by atoms with Gasteiger partial charge in [-0.25, -0.2) is 9.97 Å². The maximum Gasteiger partial charge on any atom is 0.573 e. The number of aryl methyl sites for hydroxylation is 1. The summed E-state index contributed by atoms with van der Waals surface area (Å²) in [6.07, 6.45) is -1.57. The number of fused-ring (bicyclic) bond motifs is 1. The lowest BCUT2D eigenvalue weighted by atomic mass is 10.2. The highest BCUT2D eigenvalue weighted by Gasteiger charge is 2.32. The fourth-order valence-corrected chi connectivity index (χ4v) is 3.93. The molecule has 1 saturated heterocycles. The van der Waals surface area contributed by atoms with Crippen LogP contribution in [0.4, 0.5) is 24.7 Å². The van der Waals surface area contributed by atoms with Gasteiger partial charge < -0.3 is 24.3 Å². The molecule has 0 aliphatic carbocycles. The zero-order chi connectivity index (χ0) is 22.9. The Hall–Kier alpha value is -3.34. The number of alkyl halides is 3. The van der Waals surface area contributed by atoms with Crippen molar-refractivity contribution in [3.8, 4) is 5.75 Å². The summed E-state index contributed by atoms with van der Waals surface area (Å²) in [5.41, 5.74) is 1.54. The van der Waals surface area contributed by atoms with Crippen LogP contribution in [-0.4, -0.2) is 58.0 Å². The molecule has 170 valence electrons. The van der Waals surface area contributed by atoms with Gasteiger partial charge in [-0.3, -0.25) is 4.79 Å². The van der Waals surface area contributed by atoms with Crippen LogP contribution in [0.3, 0.4) is 0 Å². The maximum absolute atomic E-state index is 13.2. The van der Waals surface area contributed by atoms with Gasteiger partial charge >= 0.3 is 6.36 Å². The number of anilines is 2. The fourth-order valence-electron chi connectivity index (χ4n) is 3.93. The predicted octanol–water partition coefficient (Wildman–Crippen LogP) is 3.86. The molecule has 1 aliphatic heterocycles. The van der Waals surface area contributed by atoms with Crippen LogP contribution in [0.1, 0.15) is 23.3 Å². The molecule has 11 heteroatoms. The molecular formula is C21H22F3N5O3. The first-order valence-electron chi connectivity index (χ1n) is 10.00. The fraction of sp³-hybridized carbons (Fsp3) is 0.381. The number of carbonyl (C=O) groups excluding carboxylic acids is 1. The van der Waals surface area contributed by atoms with E-state index in [0.29, 0.717) is 41.4 Å². The number of methoxy groups -OCH3 is 1. The minimum Gasteiger partial charge on any atom is -0.406 e. The molecule has 4 rings (SSSR count). The van der Waals surface area contributed by atoms with Crippen molar-refractivity contribution in [3.63, 3.8) is 0 Å². The van der Waals surface area contributed by atoms with E-state index in [2.05, 4.69) is 20.0 Å². The molecule has 8 nitrogen and oxygen atoms in total. The average molecular weight is 449 g/mol. The zero-order valence-electron chi connectivity index (χ0n) is 17.5. The van der Waals surface area contributed by atoms with Crippen molar-refractivity contribution in [1.82, 2.24) is 19.4 Å². The smallest absolute Gasteiger partial charge is 0.406 e. The van der Waals surface area contributed by atoms with Crippen molar-refractivity contribution in [2.24, 2.45) is 7.05 Å². The second kappa shape index (κ2) is 8.65. The van der Waals surface area contributed by atoms with Gasteiger partial charge in [0.25, 0.3) is 5.91 Å². The van der Waals surface area contributed by atoms with Crippen molar-refractivity contribution in [1.29, 1.82) is 0 Å². The number of rotatable bonds is 6. The lowest BCUT2D eigenvalue weighted by molar-refractivity contribution is -0.274. The Bertz CT molecular complexity index is 1110. The molecule has 1 amide bonds. The minimum absolute atomic E-state index is 0.0339. The summed E-state index contributed by atoms with van der Waals surface area (Å²) in [7, 11) is 3.38. The molecule has 32 heavy (non-hydrogen) atoms. The molecular weight excluding hydrogens is 427 g/mol. The van der Waals surface area contributed by atoms with Crippen LogP contribution >= 0.6 is 0 Å². The summed E-state index contributed by atoms with van der Waals surface area (Å²) in [5, 5.41) is 3.69. The van der Waals surface area contributed by atoms with Crippen molar-refractivity contribution in [3.05, 3.63) is 42.4 Å². The van der Waals surface area contributed by atoms with Crippen LogP contribution in [0, 0.1) is 0 Å². The van der Waals surface area contributed by atoms with Gasteiger partial charge in [0.05, 0.1) is 18.0 Å². The van der Waals surface area contributed by atoms with Crippen molar-refractivity contribution < 1.29 is 27.4 Å². The zero-order valence-corrected chi connectivity index (χ0v) is 17.5. The molecule has 1 unspecified atom stereocenters. The third-order valence-electron chi connectivity index (χ3n) is 5.39. The highest BCUT2D eigenvalue weighted by Crippen LogP contribution is 2.29. The molecule has 1 N–H and O–H groups in total. The summed E-state index contributed by atoms with van der Waals surface area (Å²) in [6.45, 7) is 1.15. The van der Waals surface area contributed by atoms with E-state index in [1.54, 1.807) is 24.8 Å². The number of aromatic nitrogens is 3. The second-order valence-electron chi connectivity index (χ2n) is 7.50. The molecule has 0 radical (unpaired) electrons. The number of amides is 1. The van der Waals surface area contributed by atoms with Crippen molar-refractivity contribution in [2.75, 3.05) is 25.6 Å². The molecule has 1 aromatic carbocycles. The number of nitrogens with zero attached hydrogens (tertiary/aromatic N) is 4. The molecule has 3 aromatic rings. The van der Waals surface area contributed by atoms with Crippen LogP contribution in [0.15, 0.2) is 36.7 Å². The van der Waals surface area contributed by atoms with Gasteiger partial charge in [-0.2, -0.15) is 0 Å². The third-order valence-corrected chi connectivity index (χ3v) is 5.39. The molecule has 0 bridgehead atoms. The van der Waals surface area contributed by atoms with E-state index in [4.69, 9.17) is 4.74 Å². The first-order chi connectivity index (χ1) is 15.3. The predicted molar refractivity (Wildman–Crippen MR) is 111 cm³/mol. The molecule has 0 spiro atoms. The van der Waals surface area contributed by atoms with E-state index >= 15 is 0 Å². The summed E-state index contributed by atoms with van der Waals surface area (Å²) in [5.74, 6) is 0.00774. The first kappa shape index (κ1) is 21.9. The van der Waals surface area contributed by atoms with Gasteiger partial charge in [-0.1, -0.05) is 0 Å². The summed E-state index contributed by atoms with van der Waals surface area (Å²) in [6, 6.07) is 7.07. The van der Waals surface area contributed by atoms with Crippen LogP contribution in [0.25, 0.3) is 11.0 Å². The Labute approximate surface area is 182 Å². The number of carbonyl (C=O) groups is 1. The van der Waals surface area contributed by atoms with Crippen LogP contribution in [0.2, 0.25) is 0 Å². The third kappa shape index (κ3) is 4.47. The monoisotopic (exact) mass is 449 g/mol. The first-order valence-corrected chi connectivity index (χ1v) is 10.00. The number of halogens is 3. The number of benzene rings is 1. The van der Waals surface area contributed by atoms with Crippen molar-refractivity contribution >= 4 is 28.4 Å². The van der Waals surface area contributed by atoms with E-state index in [0.717, 1.165) is 12.8 Å². The van der Waals surface area contributed by atoms with Gasteiger partial charge in [-0.05, 0) is 43.2 Å². The minimum atomic E-state index is -4.75. The van der Waals surface area contributed by atoms with E-state index in [1.807, 2.05) is 4.90 Å². The Kier molecular flexibility index (Phi) is 5.92. The van der Waals surface area contributed by atoms with Crippen LogP contribution in [-0.2, 0) is 11.8 Å². The van der Waals surface area contributed by atoms with Gasteiger partial charge in [0.2, 0.25) is 0 Å². The van der Waals surface area contributed by atoms with Gasteiger partial charge in [0, 0.05) is 26.4 Å². The average Bonchev–Trinajstić information content (AvgIpc) is 3.34. The van der Waals surface area contributed by atoms with E-state index in [1.165, 1.54) is 30.6 Å². The number of hydrogen-bond donors (Lipinski definition) is 1. The van der Waals surface area contributed by atoms with E-state index < -0.39 is 6.36 Å². The SMILES string of the molecule is COCC1CCCN1C(=O)c1cc2c(Nc3ccc(OC(F)(F)F)cc3)ncnc2n1C. The summed E-state index contributed by atoms with van der Waals surface area (Å²) < 4.78 is 47.9. The Morgan fingerprint density at radius 2 is 2.00 bits per heavy atom. The molecule has 1 aliphatic rings. The number of hydrogen-bond acceptors (Lipinski definition) is 6. The lowest BCUT2D eigenvalue weighted by Gasteiger charge is -2.24. The Morgan fingerprint density at radius 1 is 1.25 bits per heavy atom. The van der Waals surface area contributed by atoms with Crippen LogP contribution < -0.4 is 10.1 Å². The largest absolute Gasteiger partial charge is 0.573 e. The quantitative estimate of drug-likeness (QED) is 0.616.